The second kappa shape index (κ2) is 53.5. The minimum absolute atomic E-state index is 0.0631. The first-order valence-corrected chi connectivity index (χ1v) is 27.5. The molecule has 0 spiro atoms. The minimum Gasteiger partial charge on any atom is -0.462 e. The van der Waals surface area contributed by atoms with Crippen molar-refractivity contribution in [2.75, 3.05) is 13.2 Å². The predicted molar refractivity (Wildman–Crippen MR) is 270 cm³/mol. The highest BCUT2D eigenvalue weighted by Crippen LogP contribution is 2.16. The fourth-order valence-corrected chi connectivity index (χ4v) is 8.23. The van der Waals surface area contributed by atoms with Gasteiger partial charge in [0.25, 0.3) is 0 Å². The van der Waals surface area contributed by atoms with E-state index in [0.29, 0.717) is 12.8 Å². The Morgan fingerprint density at radius 1 is 0.371 bits per heavy atom. The second-order valence-electron chi connectivity index (χ2n) is 18.7. The molecule has 0 saturated carbocycles. The van der Waals surface area contributed by atoms with Crippen LogP contribution in [0, 0.1) is 0 Å². The van der Waals surface area contributed by atoms with Crippen LogP contribution in [0.3, 0.4) is 0 Å². The van der Waals surface area contributed by atoms with Crippen molar-refractivity contribution < 1.29 is 24.2 Å². The van der Waals surface area contributed by atoms with Gasteiger partial charge in [-0.1, -0.05) is 249 Å². The topological polar surface area (TPSA) is 72.8 Å². The summed E-state index contributed by atoms with van der Waals surface area (Å²) in [6, 6.07) is 0. The van der Waals surface area contributed by atoms with E-state index in [9.17, 15) is 14.7 Å². The van der Waals surface area contributed by atoms with Crippen molar-refractivity contribution in [2.24, 2.45) is 0 Å². The zero-order valence-electron chi connectivity index (χ0n) is 41.6. The quantitative estimate of drug-likeness (QED) is 0.0374. The van der Waals surface area contributed by atoms with Gasteiger partial charge in [-0.2, -0.15) is 0 Å². The van der Waals surface area contributed by atoms with Crippen LogP contribution in [-0.4, -0.2) is 36.4 Å². The Kier molecular flexibility index (Phi) is 51.8. The van der Waals surface area contributed by atoms with Crippen LogP contribution in [0.4, 0.5) is 0 Å². The van der Waals surface area contributed by atoms with E-state index < -0.39 is 6.10 Å². The largest absolute Gasteiger partial charge is 0.462 e. The van der Waals surface area contributed by atoms with E-state index in [1.54, 1.807) is 0 Å². The summed E-state index contributed by atoms with van der Waals surface area (Å²) in [6.45, 7) is 4.17. The molecule has 5 nitrogen and oxygen atoms in total. The second-order valence-corrected chi connectivity index (χ2v) is 18.7. The average molecular weight is 871 g/mol. The van der Waals surface area contributed by atoms with Crippen LogP contribution in [0.5, 0.6) is 0 Å². The Morgan fingerprint density at radius 3 is 0.968 bits per heavy atom. The summed E-state index contributed by atoms with van der Waals surface area (Å²) in [6.07, 6.45) is 68.2. The molecule has 1 N–H and O–H groups in total. The molecular weight excluding hydrogens is 765 g/mol. The van der Waals surface area contributed by atoms with Gasteiger partial charge in [-0.15, -0.1) is 0 Å². The summed E-state index contributed by atoms with van der Waals surface area (Å²) in [4.78, 5) is 24.5. The Hall–Kier alpha value is -1.88. The summed E-state index contributed by atoms with van der Waals surface area (Å²) >= 11 is 0. The molecule has 0 aliphatic rings. The maximum absolute atomic E-state index is 12.3. The van der Waals surface area contributed by atoms with Gasteiger partial charge in [0.05, 0.1) is 6.61 Å². The lowest BCUT2D eigenvalue weighted by Crippen LogP contribution is -2.28. The maximum atomic E-state index is 12.3. The van der Waals surface area contributed by atoms with Crippen LogP contribution in [0.25, 0.3) is 0 Å². The smallest absolute Gasteiger partial charge is 0.306 e. The van der Waals surface area contributed by atoms with Crippen LogP contribution in [0.2, 0.25) is 0 Å². The number of carbonyl (C=O) groups is 2. The predicted octanol–water partition coefficient (Wildman–Crippen LogP) is 18.3. The van der Waals surface area contributed by atoms with E-state index in [0.717, 1.165) is 44.9 Å². The van der Waals surface area contributed by atoms with Gasteiger partial charge in [-0.3, -0.25) is 9.59 Å². The Bertz CT molecular complexity index is 986. The van der Waals surface area contributed by atoms with E-state index >= 15 is 0 Å². The number of hydrogen-bond donors (Lipinski definition) is 1. The van der Waals surface area contributed by atoms with Gasteiger partial charge >= 0.3 is 11.9 Å². The van der Waals surface area contributed by atoms with Crippen LogP contribution in [0.1, 0.15) is 296 Å². The fraction of sp³-hybridized carbons (Fsp3) is 0.860. The number of aliphatic hydroxyl groups is 1. The third-order valence-electron chi connectivity index (χ3n) is 12.4. The molecule has 1 atom stereocenters. The average Bonchev–Trinajstić information content (AvgIpc) is 3.28. The van der Waals surface area contributed by atoms with Crippen LogP contribution in [-0.2, 0) is 19.1 Å². The van der Waals surface area contributed by atoms with Crippen molar-refractivity contribution in [1.29, 1.82) is 0 Å². The van der Waals surface area contributed by atoms with Gasteiger partial charge in [0.1, 0.15) is 6.61 Å². The van der Waals surface area contributed by atoms with Gasteiger partial charge in [0.2, 0.25) is 0 Å². The van der Waals surface area contributed by atoms with E-state index in [2.05, 4.69) is 50.3 Å². The molecule has 0 rings (SSSR count). The summed E-state index contributed by atoms with van der Waals surface area (Å²) in [7, 11) is 0. The summed E-state index contributed by atoms with van der Waals surface area (Å²) in [5.74, 6) is -0.579. The lowest BCUT2D eigenvalue weighted by molar-refractivity contribution is -0.161. The van der Waals surface area contributed by atoms with E-state index in [-0.39, 0.29) is 25.2 Å². The zero-order chi connectivity index (χ0) is 44.9. The van der Waals surface area contributed by atoms with Crippen LogP contribution >= 0.6 is 0 Å². The highest BCUT2D eigenvalue weighted by Gasteiger charge is 2.16. The number of unbranched alkanes of at least 4 members (excludes halogenated alkanes) is 37. The Balaban J connectivity index is 3.46. The highest BCUT2D eigenvalue weighted by molar-refractivity contribution is 5.70. The molecule has 0 aliphatic heterocycles. The number of esters is 2. The molecule has 0 aromatic carbocycles. The van der Waals surface area contributed by atoms with E-state index in [1.807, 2.05) is 0 Å². The molecule has 0 bridgehead atoms. The summed E-state index contributed by atoms with van der Waals surface area (Å²) in [5.41, 5.74) is 0. The number of allylic oxidation sites excluding steroid dienone is 6. The Labute approximate surface area is 386 Å². The summed E-state index contributed by atoms with van der Waals surface area (Å²) in [5, 5.41) is 9.64. The van der Waals surface area contributed by atoms with Crippen molar-refractivity contribution in [3.05, 3.63) is 36.5 Å². The SMILES string of the molecule is CCCCCCC/C=C\C/C=C\CCCCCCCCCCCCCCCC(=O)OC(CO)COC(=O)CCCCCCCCCCCCC/C=C\CCCCCCCCCC. The molecule has 0 fully saturated rings. The van der Waals surface area contributed by atoms with Gasteiger partial charge in [0, 0.05) is 12.8 Å². The molecule has 0 aliphatic carbocycles. The van der Waals surface area contributed by atoms with Crippen molar-refractivity contribution in [3.8, 4) is 0 Å². The van der Waals surface area contributed by atoms with E-state index in [4.69, 9.17) is 9.47 Å². The first kappa shape index (κ1) is 60.1. The standard InChI is InChI=1S/C57H106O5/c1-3-5-7-9-11-13-15-17-19-21-23-25-27-28-30-32-34-36-38-40-42-44-46-48-50-52-57(60)62-55(53-58)54-61-56(59)51-49-47-45-43-41-39-37-35-33-31-29-26-24-22-20-18-16-14-12-10-8-6-4-2/h15,17,21-24,55,58H,3-14,16,18-20,25-54H2,1-2H3/b17-15-,23-21-,24-22-. The molecular formula is C57H106O5. The molecule has 0 aromatic rings. The molecule has 5 heteroatoms. The van der Waals surface area contributed by atoms with Gasteiger partial charge < -0.3 is 14.6 Å². The number of hydrogen-bond acceptors (Lipinski definition) is 5. The highest BCUT2D eigenvalue weighted by atomic mass is 16.6. The van der Waals surface area contributed by atoms with Crippen molar-refractivity contribution >= 4 is 11.9 Å². The molecule has 0 heterocycles. The normalized spacial score (nSPS) is 12.4. The van der Waals surface area contributed by atoms with Gasteiger partial charge in [-0.05, 0) is 70.6 Å². The molecule has 62 heavy (non-hydrogen) atoms. The molecule has 0 amide bonds. The molecule has 0 saturated heterocycles. The molecule has 1 unspecified atom stereocenters. The van der Waals surface area contributed by atoms with Crippen molar-refractivity contribution in [2.45, 2.75) is 302 Å². The third-order valence-corrected chi connectivity index (χ3v) is 12.4. The fourth-order valence-electron chi connectivity index (χ4n) is 8.23. The Morgan fingerprint density at radius 2 is 0.645 bits per heavy atom. The molecule has 0 radical (unpaired) electrons. The molecule has 0 aromatic heterocycles. The molecule has 364 valence electrons. The lowest BCUT2D eigenvalue weighted by Gasteiger charge is -2.15. The summed E-state index contributed by atoms with van der Waals surface area (Å²) < 4.78 is 10.7. The monoisotopic (exact) mass is 871 g/mol. The maximum Gasteiger partial charge on any atom is 0.306 e. The minimum atomic E-state index is -0.771. The first-order valence-electron chi connectivity index (χ1n) is 27.5. The van der Waals surface area contributed by atoms with Crippen molar-refractivity contribution in [3.63, 3.8) is 0 Å². The van der Waals surface area contributed by atoms with Gasteiger partial charge in [-0.25, -0.2) is 0 Å². The lowest BCUT2D eigenvalue weighted by atomic mass is 10.0. The number of ether oxygens (including phenoxy) is 2. The first-order chi connectivity index (χ1) is 30.6. The van der Waals surface area contributed by atoms with Crippen LogP contribution in [0.15, 0.2) is 36.5 Å². The number of rotatable bonds is 51. The number of aliphatic hydroxyl groups excluding tert-OH is 1. The van der Waals surface area contributed by atoms with E-state index in [1.165, 1.54) is 225 Å². The van der Waals surface area contributed by atoms with Crippen LogP contribution < -0.4 is 0 Å². The number of carbonyl (C=O) groups excluding carboxylic acids is 2. The van der Waals surface area contributed by atoms with Gasteiger partial charge in [0.15, 0.2) is 6.10 Å². The third kappa shape index (κ3) is 50.8. The zero-order valence-corrected chi connectivity index (χ0v) is 41.6. The van der Waals surface area contributed by atoms with Crippen molar-refractivity contribution in [1.82, 2.24) is 0 Å².